The summed E-state index contributed by atoms with van der Waals surface area (Å²) < 4.78 is 45.3. The van der Waals surface area contributed by atoms with Gasteiger partial charge in [-0.1, -0.05) is 12.1 Å². The van der Waals surface area contributed by atoms with Gasteiger partial charge < -0.3 is 10.5 Å². The highest BCUT2D eigenvalue weighted by Crippen LogP contribution is 2.62. The molecule has 0 radical (unpaired) electrons. The number of carbonyl (C=O) groups excluding carboxylic acids is 1. The molecule has 174 valence electrons. The lowest BCUT2D eigenvalue weighted by Crippen LogP contribution is -2.51. The van der Waals surface area contributed by atoms with E-state index in [1.54, 1.807) is 26.3 Å². The van der Waals surface area contributed by atoms with Gasteiger partial charge >= 0.3 is 6.18 Å². The zero-order valence-electron chi connectivity index (χ0n) is 18.4. The Morgan fingerprint density at radius 2 is 1.88 bits per heavy atom. The standard InChI is InChI=1S/C24H25F3N4O2/c1-31-20(32)23(30-21(31)28)19-10-14(16-9-17(13-29-12-16)24(25,26)27)3-4-15(19)11-22(23)7-5-18(33-2)6-8-22/h3-4,9-10,12-13,18H,5-8,11H2,1-2H3,(H2,28,30). The summed E-state index contributed by atoms with van der Waals surface area (Å²) in [5.41, 5.74) is 6.31. The Hall–Kier alpha value is -2.94. The molecule has 1 aliphatic heterocycles. The van der Waals surface area contributed by atoms with E-state index in [9.17, 15) is 18.0 Å². The lowest BCUT2D eigenvalue weighted by Gasteiger charge is -2.45. The van der Waals surface area contributed by atoms with Crippen molar-refractivity contribution >= 4 is 11.9 Å². The number of hydrogen-bond donors (Lipinski definition) is 1. The number of nitrogens with two attached hydrogens (primary N) is 1. The van der Waals surface area contributed by atoms with E-state index in [-0.39, 0.29) is 18.0 Å². The number of hydrogen-bond acceptors (Lipinski definition) is 5. The number of halogens is 3. The lowest BCUT2D eigenvalue weighted by molar-refractivity contribution is -0.138. The molecule has 1 unspecified atom stereocenters. The van der Waals surface area contributed by atoms with Crippen LogP contribution in [0.25, 0.3) is 11.1 Å². The molecule has 2 aliphatic carbocycles. The number of aliphatic imine (C=N–C) groups is 1. The number of benzene rings is 1. The van der Waals surface area contributed by atoms with Crippen molar-refractivity contribution in [2.45, 2.75) is 49.9 Å². The summed E-state index contributed by atoms with van der Waals surface area (Å²) >= 11 is 0. The number of carbonyl (C=O) groups is 1. The third kappa shape index (κ3) is 3.08. The minimum absolute atomic E-state index is 0.138. The number of amides is 1. The summed E-state index contributed by atoms with van der Waals surface area (Å²) in [7, 11) is 3.31. The Morgan fingerprint density at radius 1 is 1.15 bits per heavy atom. The van der Waals surface area contributed by atoms with Crippen LogP contribution in [0.3, 0.4) is 0 Å². The Balaban J connectivity index is 1.65. The highest BCUT2D eigenvalue weighted by Gasteiger charge is 2.66. The minimum atomic E-state index is -4.49. The third-order valence-electron chi connectivity index (χ3n) is 7.66. The Morgan fingerprint density at radius 3 is 2.48 bits per heavy atom. The molecule has 3 aliphatic rings. The van der Waals surface area contributed by atoms with Crippen LogP contribution in [0.15, 0.2) is 41.7 Å². The van der Waals surface area contributed by atoms with Gasteiger partial charge in [0.25, 0.3) is 5.91 Å². The van der Waals surface area contributed by atoms with Crippen LogP contribution in [0, 0.1) is 5.41 Å². The summed E-state index contributed by atoms with van der Waals surface area (Å²) in [6.45, 7) is 0. The number of fused-ring (bicyclic) bond motifs is 3. The molecule has 1 aromatic carbocycles. The van der Waals surface area contributed by atoms with Crippen molar-refractivity contribution in [3.05, 3.63) is 53.3 Å². The van der Waals surface area contributed by atoms with E-state index in [1.807, 2.05) is 6.07 Å². The van der Waals surface area contributed by atoms with Crippen molar-refractivity contribution in [3.63, 3.8) is 0 Å². The van der Waals surface area contributed by atoms with E-state index in [4.69, 9.17) is 15.5 Å². The van der Waals surface area contributed by atoms with E-state index >= 15 is 0 Å². The number of pyridine rings is 1. The van der Waals surface area contributed by atoms with Gasteiger partial charge in [0.1, 0.15) is 0 Å². The maximum Gasteiger partial charge on any atom is 0.417 e. The fraction of sp³-hybridized carbons (Fsp3) is 0.458. The SMILES string of the molecule is COC1CCC2(CC1)Cc1ccc(-c3cncc(C(F)(F)F)c3)cc1C21N=C(N)N(C)C1=O. The average molecular weight is 458 g/mol. The van der Waals surface area contributed by atoms with Gasteiger partial charge in [0, 0.05) is 37.5 Å². The van der Waals surface area contributed by atoms with Crippen molar-refractivity contribution in [2.75, 3.05) is 14.2 Å². The molecule has 0 bridgehead atoms. The topological polar surface area (TPSA) is 80.8 Å². The number of rotatable bonds is 2. The van der Waals surface area contributed by atoms with Gasteiger partial charge in [-0.3, -0.25) is 14.7 Å². The number of aromatic nitrogens is 1. The summed E-state index contributed by atoms with van der Waals surface area (Å²) in [5.74, 6) is -0.0267. The molecule has 1 saturated carbocycles. The number of nitrogens with zero attached hydrogens (tertiary/aromatic N) is 3. The number of likely N-dealkylation sites (N-methyl/N-ethyl adjacent to an activating group) is 1. The molecule has 1 aromatic heterocycles. The molecule has 2 heterocycles. The first-order chi connectivity index (χ1) is 15.6. The smallest absolute Gasteiger partial charge is 0.381 e. The van der Waals surface area contributed by atoms with Gasteiger partial charge in [0.05, 0.1) is 11.7 Å². The van der Waals surface area contributed by atoms with Crippen molar-refractivity contribution < 1.29 is 22.7 Å². The van der Waals surface area contributed by atoms with Gasteiger partial charge in [-0.25, -0.2) is 4.99 Å². The molecule has 2 spiro atoms. The molecular formula is C24H25F3N4O2. The van der Waals surface area contributed by atoms with Crippen LogP contribution in [0.5, 0.6) is 0 Å². The van der Waals surface area contributed by atoms with Crippen molar-refractivity contribution in [2.24, 2.45) is 16.1 Å². The maximum absolute atomic E-state index is 13.7. The Kier molecular flexibility index (Phi) is 4.83. The molecule has 2 N–H and O–H groups in total. The molecule has 0 saturated heterocycles. The number of guanidine groups is 1. The van der Waals surface area contributed by atoms with E-state index in [0.717, 1.165) is 49.1 Å². The van der Waals surface area contributed by atoms with Crippen molar-refractivity contribution in [3.8, 4) is 11.1 Å². The van der Waals surface area contributed by atoms with Crippen molar-refractivity contribution in [1.29, 1.82) is 0 Å². The fourth-order valence-electron chi connectivity index (χ4n) is 5.86. The van der Waals surface area contributed by atoms with Crippen LogP contribution in [-0.2, 0) is 27.7 Å². The lowest BCUT2D eigenvalue weighted by atomic mass is 9.61. The monoisotopic (exact) mass is 458 g/mol. The Labute approximate surface area is 189 Å². The number of alkyl halides is 3. The number of ether oxygens (including phenoxy) is 1. The second-order valence-electron chi connectivity index (χ2n) is 9.27. The normalized spacial score (nSPS) is 29.1. The molecule has 1 atom stereocenters. The van der Waals surface area contributed by atoms with Crippen LogP contribution in [0.2, 0.25) is 0 Å². The fourth-order valence-corrected chi connectivity index (χ4v) is 5.86. The first-order valence-corrected chi connectivity index (χ1v) is 10.9. The van der Waals surface area contributed by atoms with E-state index in [0.29, 0.717) is 17.5 Å². The highest BCUT2D eigenvalue weighted by molar-refractivity contribution is 6.08. The van der Waals surface area contributed by atoms with Gasteiger partial charge in [-0.2, -0.15) is 13.2 Å². The molecule has 2 aromatic rings. The Bertz CT molecular complexity index is 1150. The molecule has 1 amide bonds. The second-order valence-corrected chi connectivity index (χ2v) is 9.27. The number of methoxy groups -OCH3 is 1. The summed E-state index contributed by atoms with van der Waals surface area (Å²) in [6.07, 6.45) is 1.63. The molecular weight excluding hydrogens is 433 g/mol. The quantitative estimate of drug-likeness (QED) is 0.741. The summed E-state index contributed by atoms with van der Waals surface area (Å²) in [4.78, 5) is 23.7. The van der Waals surface area contributed by atoms with E-state index in [1.165, 1.54) is 11.1 Å². The predicted molar refractivity (Wildman–Crippen MR) is 116 cm³/mol. The average Bonchev–Trinajstić information content (AvgIpc) is 3.20. The predicted octanol–water partition coefficient (Wildman–Crippen LogP) is 3.88. The van der Waals surface area contributed by atoms with Gasteiger partial charge in [-0.05, 0) is 60.9 Å². The molecule has 5 rings (SSSR count). The van der Waals surface area contributed by atoms with Crippen LogP contribution in [0.4, 0.5) is 13.2 Å². The van der Waals surface area contributed by atoms with Crippen LogP contribution in [-0.4, -0.2) is 42.0 Å². The highest BCUT2D eigenvalue weighted by atomic mass is 19.4. The van der Waals surface area contributed by atoms with Crippen LogP contribution >= 0.6 is 0 Å². The summed E-state index contributed by atoms with van der Waals surface area (Å²) in [6, 6.07) is 6.58. The second kappa shape index (κ2) is 7.28. The minimum Gasteiger partial charge on any atom is -0.381 e. The first-order valence-electron chi connectivity index (χ1n) is 10.9. The van der Waals surface area contributed by atoms with E-state index < -0.39 is 22.7 Å². The van der Waals surface area contributed by atoms with Gasteiger partial charge in [-0.15, -0.1) is 0 Å². The van der Waals surface area contributed by atoms with Crippen molar-refractivity contribution in [1.82, 2.24) is 9.88 Å². The van der Waals surface area contributed by atoms with Gasteiger partial charge in [0.15, 0.2) is 11.5 Å². The molecule has 1 fully saturated rings. The zero-order chi connectivity index (χ0) is 23.6. The third-order valence-corrected chi connectivity index (χ3v) is 7.66. The van der Waals surface area contributed by atoms with Crippen LogP contribution in [0.1, 0.15) is 42.4 Å². The molecule has 9 heteroatoms. The largest absolute Gasteiger partial charge is 0.417 e. The van der Waals surface area contributed by atoms with Crippen LogP contribution < -0.4 is 5.73 Å². The maximum atomic E-state index is 13.7. The van der Waals surface area contributed by atoms with Gasteiger partial charge in [0.2, 0.25) is 0 Å². The zero-order valence-corrected chi connectivity index (χ0v) is 18.4. The summed E-state index contributed by atoms with van der Waals surface area (Å²) in [5, 5.41) is 0. The molecule has 6 nitrogen and oxygen atoms in total. The first kappa shape index (κ1) is 21.9. The van der Waals surface area contributed by atoms with E-state index in [2.05, 4.69) is 4.98 Å². The molecule has 33 heavy (non-hydrogen) atoms.